The highest BCUT2D eigenvalue weighted by atomic mass is 16.6. The Kier molecular flexibility index (Phi) is 5.71. The molecule has 0 bridgehead atoms. The molecule has 0 saturated carbocycles. The van der Waals surface area contributed by atoms with Crippen molar-refractivity contribution >= 4 is 29.2 Å². The molecule has 0 radical (unpaired) electrons. The Bertz CT molecular complexity index is 925. The number of nitrogens with zero attached hydrogens (tertiary/aromatic N) is 4. The number of benzene rings is 1. The number of likely N-dealkylation sites (tertiary alicyclic amines) is 1. The first kappa shape index (κ1) is 20.6. The van der Waals surface area contributed by atoms with E-state index in [0.717, 1.165) is 0 Å². The van der Waals surface area contributed by atoms with Crippen LogP contribution in [0.2, 0.25) is 0 Å². The second-order valence-electron chi connectivity index (χ2n) is 8.01. The molecule has 10 nitrogen and oxygen atoms in total. The third-order valence-corrected chi connectivity index (χ3v) is 4.72. The van der Waals surface area contributed by atoms with E-state index in [1.807, 2.05) is 20.8 Å². The van der Waals surface area contributed by atoms with Gasteiger partial charge in [0.15, 0.2) is 0 Å². The topological polar surface area (TPSA) is 117 Å². The van der Waals surface area contributed by atoms with Crippen molar-refractivity contribution in [3.8, 4) is 0 Å². The normalized spacial score (nSPS) is 15.3. The van der Waals surface area contributed by atoms with Gasteiger partial charge in [0, 0.05) is 30.7 Å². The molecule has 1 fully saturated rings. The van der Waals surface area contributed by atoms with E-state index in [-0.39, 0.29) is 30.9 Å². The minimum atomic E-state index is -0.534. The number of aromatic nitrogens is 2. The van der Waals surface area contributed by atoms with Gasteiger partial charge in [0.25, 0.3) is 12.2 Å². The number of hydrogen-bond acceptors (Lipinski definition) is 7. The lowest BCUT2D eigenvalue weighted by atomic mass is 10.1. The van der Waals surface area contributed by atoms with Crippen molar-refractivity contribution < 1.29 is 24.0 Å². The number of nitro benzene ring substituents is 1. The van der Waals surface area contributed by atoms with Gasteiger partial charge in [-0.05, 0) is 39.7 Å². The lowest BCUT2D eigenvalue weighted by Crippen LogP contribution is -2.42. The molecule has 3 rings (SSSR count). The van der Waals surface area contributed by atoms with Crippen LogP contribution in [-0.4, -0.2) is 50.9 Å². The highest BCUT2D eigenvalue weighted by molar-refractivity contribution is 5.82. The van der Waals surface area contributed by atoms with Gasteiger partial charge in [0.05, 0.1) is 22.0 Å². The van der Waals surface area contributed by atoms with Crippen LogP contribution >= 0.6 is 0 Å². The standard InChI is InChI=1S/C19H24N4O6/c1-19(2,3)29-18(25)21-6-4-15(5-7-21)22-10-13-9-17(23(26)27)14(11-28-12-24)8-16(13)20-22/h8-10,12,15H,4-7,11H2,1-3H3. The van der Waals surface area contributed by atoms with Gasteiger partial charge in [-0.3, -0.25) is 19.6 Å². The van der Waals surface area contributed by atoms with Gasteiger partial charge in [-0.2, -0.15) is 5.10 Å². The van der Waals surface area contributed by atoms with Crippen LogP contribution in [0.25, 0.3) is 10.9 Å². The number of fused-ring (bicyclic) bond motifs is 1. The van der Waals surface area contributed by atoms with Crippen LogP contribution in [0.15, 0.2) is 18.3 Å². The van der Waals surface area contributed by atoms with E-state index in [2.05, 4.69) is 9.84 Å². The summed E-state index contributed by atoms with van der Waals surface area (Å²) in [5.41, 5.74) is 0.237. The van der Waals surface area contributed by atoms with Crippen molar-refractivity contribution in [3.63, 3.8) is 0 Å². The first-order chi connectivity index (χ1) is 13.7. The highest BCUT2D eigenvalue weighted by Gasteiger charge is 2.28. The zero-order chi connectivity index (χ0) is 21.2. The molecular weight excluding hydrogens is 380 g/mol. The van der Waals surface area contributed by atoms with E-state index in [1.54, 1.807) is 21.8 Å². The number of hydrogen-bond donors (Lipinski definition) is 0. The second kappa shape index (κ2) is 8.06. The highest BCUT2D eigenvalue weighted by Crippen LogP contribution is 2.29. The largest absolute Gasteiger partial charge is 0.463 e. The van der Waals surface area contributed by atoms with Crippen molar-refractivity contribution in [2.75, 3.05) is 13.1 Å². The van der Waals surface area contributed by atoms with Crippen LogP contribution in [0, 0.1) is 10.1 Å². The maximum atomic E-state index is 12.2. The fourth-order valence-electron chi connectivity index (χ4n) is 3.36. The van der Waals surface area contributed by atoms with Crippen LogP contribution in [0.1, 0.15) is 45.2 Å². The van der Waals surface area contributed by atoms with E-state index in [0.29, 0.717) is 42.4 Å². The third-order valence-electron chi connectivity index (χ3n) is 4.72. The van der Waals surface area contributed by atoms with Gasteiger partial charge in [-0.1, -0.05) is 0 Å². The average Bonchev–Trinajstić information content (AvgIpc) is 3.07. The van der Waals surface area contributed by atoms with E-state index in [4.69, 9.17) is 4.74 Å². The molecule has 1 saturated heterocycles. The maximum absolute atomic E-state index is 12.2. The van der Waals surface area contributed by atoms with Gasteiger partial charge in [-0.25, -0.2) is 4.79 Å². The molecule has 0 spiro atoms. The Hall–Kier alpha value is -3.17. The molecule has 29 heavy (non-hydrogen) atoms. The van der Waals surface area contributed by atoms with Crippen LogP contribution in [0.5, 0.6) is 0 Å². The first-order valence-electron chi connectivity index (χ1n) is 9.37. The minimum Gasteiger partial charge on any atom is -0.463 e. The Morgan fingerprint density at radius 2 is 2.03 bits per heavy atom. The van der Waals surface area contributed by atoms with Crippen molar-refractivity contribution in [2.45, 2.75) is 51.9 Å². The zero-order valence-electron chi connectivity index (χ0n) is 16.7. The molecule has 10 heteroatoms. The van der Waals surface area contributed by atoms with E-state index < -0.39 is 10.5 Å². The fraction of sp³-hybridized carbons (Fsp3) is 0.526. The Morgan fingerprint density at radius 3 is 2.62 bits per heavy atom. The average molecular weight is 404 g/mol. The van der Waals surface area contributed by atoms with E-state index >= 15 is 0 Å². The summed E-state index contributed by atoms with van der Waals surface area (Å²) >= 11 is 0. The van der Waals surface area contributed by atoms with Crippen LogP contribution in [-0.2, 0) is 20.9 Å². The number of carbonyl (C=O) groups excluding carboxylic acids is 2. The summed E-state index contributed by atoms with van der Waals surface area (Å²) < 4.78 is 11.9. The third kappa shape index (κ3) is 4.82. The summed E-state index contributed by atoms with van der Waals surface area (Å²) in [4.78, 5) is 35.1. The predicted molar refractivity (Wildman–Crippen MR) is 103 cm³/mol. The summed E-state index contributed by atoms with van der Waals surface area (Å²) in [6, 6.07) is 3.09. The molecule has 1 aliphatic heterocycles. The lowest BCUT2D eigenvalue weighted by Gasteiger charge is -2.33. The molecule has 0 N–H and O–H groups in total. The summed E-state index contributed by atoms with van der Waals surface area (Å²) in [6.07, 6.45) is 2.87. The van der Waals surface area contributed by atoms with Crippen molar-refractivity contribution in [1.82, 2.24) is 14.7 Å². The Balaban J connectivity index is 1.75. The lowest BCUT2D eigenvalue weighted by molar-refractivity contribution is -0.385. The molecule has 0 atom stereocenters. The smallest absolute Gasteiger partial charge is 0.410 e. The molecule has 1 aromatic heterocycles. The van der Waals surface area contributed by atoms with Gasteiger partial charge in [0.1, 0.15) is 12.2 Å². The van der Waals surface area contributed by atoms with E-state index in [1.165, 1.54) is 6.07 Å². The van der Waals surface area contributed by atoms with E-state index in [9.17, 15) is 19.7 Å². The molecule has 2 aromatic rings. The van der Waals surface area contributed by atoms with Gasteiger partial charge >= 0.3 is 6.09 Å². The van der Waals surface area contributed by atoms with Crippen LogP contribution in [0.3, 0.4) is 0 Å². The number of nitro groups is 1. The quantitative estimate of drug-likeness (QED) is 0.427. The monoisotopic (exact) mass is 404 g/mol. The Labute approximate surface area is 167 Å². The number of piperidine rings is 1. The SMILES string of the molecule is CC(C)(C)OC(=O)N1CCC(n2cc3cc([N+](=O)[O-])c(COC=O)cc3n2)CC1. The molecule has 0 unspecified atom stereocenters. The minimum absolute atomic E-state index is 0.0785. The van der Waals surface area contributed by atoms with Crippen molar-refractivity contribution in [1.29, 1.82) is 0 Å². The van der Waals surface area contributed by atoms with Gasteiger partial charge in [0.2, 0.25) is 0 Å². The van der Waals surface area contributed by atoms with Crippen molar-refractivity contribution in [2.24, 2.45) is 0 Å². The van der Waals surface area contributed by atoms with Gasteiger partial charge in [-0.15, -0.1) is 0 Å². The number of carbonyl (C=O) groups is 2. The molecule has 0 aliphatic carbocycles. The van der Waals surface area contributed by atoms with Crippen LogP contribution < -0.4 is 0 Å². The van der Waals surface area contributed by atoms with Gasteiger partial charge < -0.3 is 14.4 Å². The first-order valence-corrected chi connectivity index (χ1v) is 9.37. The van der Waals surface area contributed by atoms with Crippen LogP contribution in [0.4, 0.5) is 10.5 Å². The molecule has 1 amide bonds. The molecule has 1 aliphatic rings. The number of ether oxygens (including phenoxy) is 2. The summed E-state index contributed by atoms with van der Waals surface area (Å²) in [5.74, 6) is 0. The molecule has 1 aromatic carbocycles. The summed E-state index contributed by atoms with van der Waals surface area (Å²) in [6.45, 7) is 6.67. The second-order valence-corrected chi connectivity index (χ2v) is 8.01. The predicted octanol–water partition coefficient (Wildman–Crippen LogP) is 3.19. The Morgan fingerprint density at radius 1 is 1.34 bits per heavy atom. The number of rotatable bonds is 5. The molecular formula is C19H24N4O6. The summed E-state index contributed by atoms with van der Waals surface area (Å²) in [7, 11) is 0. The fourth-order valence-corrected chi connectivity index (χ4v) is 3.36. The molecule has 156 valence electrons. The zero-order valence-corrected chi connectivity index (χ0v) is 16.7. The number of amides is 1. The maximum Gasteiger partial charge on any atom is 0.410 e. The van der Waals surface area contributed by atoms with Crippen molar-refractivity contribution in [3.05, 3.63) is 34.0 Å². The molecule has 2 heterocycles. The summed E-state index contributed by atoms with van der Waals surface area (Å²) in [5, 5.41) is 16.5.